The number of nitrogens with one attached hydrogen (secondary N) is 1. The van der Waals surface area contributed by atoms with Crippen molar-refractivity contribution in [2.45, 2.75) is 39.7 Å². The van der Waals surface area contributed by atoms with Crippen LogP contribution in [-0.2, 0) is 5.54 Å². The van der Waals surface area contributed by atoms with E-state index in [-0.39, 0.29) is 12.1 Å². The van der Waals surface area contributed by atoms with Gasteiger partial charge < -0.3 is 15.2 Å². The molecule has 0 atom stereocenters. The van der Waals surface area contributed by atoms with E-state index in [1.165, 1.54) is 5.56 Å². The van der Waals surface area contributed by atoms with Crippen LogP contribution in [-0.4, -0.2) is 24.9 Å². The molecule has 1 aromatic rings. The second kappa shape index (κ2) is 7.51. The Labute approximate surface area is 117 Å². The van der Waals surface area contributed by atoms with E-state index in [0.29, 0.717) is 5.92 Å². The molecule has 0 aromatic heterocycles. The number of hydrogen-bond donors (Lipinski definition) is 2. The van der Waals surface area contributed by atoms with E-state index in [0.717, 1.165) is 25.3 Å². The summed E-state index contributed by atoms with van der Waals surface area (Å²) >= 11 is 0. The minimum absolute atomic E-state index is 0.0915. The summed E-state index contributed by atoms with van der Waals surface area (Å²) in [5, 5.41) is 12.3. The summed E-state index contributed by atoms with van der Waals surface area (Å²) in [4.78, 5) is 0. The smallest absolute Gasteiger partial charge is 0.119 e. The van der Waals surface area contributed by atoms with Gasteiger partial charge in [-0.05, 0) is 50.4 Å². The van der Waals surface area contributed by atoms with Crippen molar-refractivity contribution < 1.29 is 9.84 Å². The van der Waals surface area contributed by atoms with Gasteiger partial charge >= 0.3 is 0 Å². The van der Waals surface area contributed by atoms with Gasteiger partial charge in [-0.2, -0.15) is 0 Å². The highest BCUT2D eigenvalue weighted by Gasteiger charge is 2.19. The van der Waals surface area contributed by atoms with Crippen LogP contribution in [0.4, 0.5) is 0 Å². The molecule has 0 bridgehead atoms. The Bertz CT molecular complexity index is 358. The maximum Gasteiger partial charge on any atom is 0.119 e. The van der Waals surface area contributed by atoms with Gasteiger partial charge in [0.05, 0.1) is 6.61 Å². The van der Waals surface area contributed by atoms with E-state index in [4.69, 9.17) is 9.84 Å². The molecule has 2 N–H and O–H groups in total. The van der Waals surface area contributed by atoms with Gasteiger partial charge in [0.2, 0.25) is 0 Å². The minimum atomic E-state index is -0.0915. The Hall–Kier alpha value is -1.06. The highest BCUT2D eigenvalue weighted by Crippen LogP contribution is 2.23. The SMILES string of the molecule is CC(C)COc1ccc(C(C)(C)NCCCO)cc1. The summed E-state index contributed by atoms with van der Waals surface area (Å²) in [6.45, 7) is 10.4. The monoisotopic (exact) mass is 265 g/mol. The zero-order chi connectivity index (χ0) is 14.3. The van der Waals surface area contributed by atoms with E-state index in [1.54, 1.807) is 0 Å². The van der Waals surface area contributed by atoms with Gasteiger partial charge in [-0.25, -0.2) is 0 Å². The molecular formula is C16H27NO2. The Balaban J connectivity index is 2.58. The number of benzene rings is 1. The van der Waals surface area contributed by atoms with Crippen molar-refractivity contribution in [3.63, 3.8) is 0 Å². The number of aliphatic hydroxyl groups is 1. The van der Waals surface area contributed by atoms with Crippen LogP contribution in [0.25, 0.3) is 0 Å². The average Bonchev–Trinajstić information content (AvgIpc) is 2.37. The fourth-order valence-corrected chi connectivity index (χ4v) is 1.81. The summed E-state index contributed by atoms with van der Waals surface area (Å²) < 4.78 is 5.68. The van der Waals surface area contributed by atoms with Crippen molar-refractivity contribution in [1.29, 1.82) is 0 Å². The lowest BCUT2D eigenvalue weighted by molar-refractivity contribution is 0.270. The summed E-state index contributed by atoms with van der Waals surface area (Å²) in [6.07, 6.45) is 0.777. The van der Waals surface area contributed by atoms with E-state index in [2.05, 4.69) is 45.1 Å². The summed E-state index contributed by atoms with van der Waals surface area (Å²) in [6, 6.07) is 8.24. The van der Waals surface area contributed by atoms with Crippen LogP contribution >= 0.6 is 0 Å². The van der Waals surface area contributed by atoms with Crippen molar-refractivity contribution in [3.8, 4) is 5.75 Å². The van der Waals surface area contributed by atoms with Crippen LogP contribution in [0.5, 0.6) is 5.75 Å². The second-order valence-electron chi connectivity index (χ2n) is 5.86. The van der Waals surface area contributed by atoms with Crippen LogP contribution in [0.3, 0.4) is 0 Å². The van der Waals surface area contributed by atoms with Crippen molar-refractivity contribution in [3.05, 3.63) is 29.8 Å². The van der Waals surface area contributed by atoms with Gasteiger partial charge in [0.1, 0.15) is 5.75 Å². The van der Waals surface area contributed by atoms with E-state index in [1.807, 2.05) is 12.1 Å². The summed E-state index contributed by atoms with van der Waals surface area (Å²) in [7, 11) is 0. The van der Waals surface area contributed by atoms with Crippen LogP contribution in [0, 0.1) is 5.92 Å². The molecule has 0 amide bonds. The Morgan fingerprint density at radius 1 is 1.21 bits per heavy atom. The maximum atomic E-state index is 8.82. The lowest BCUT2D eigenvalue weighted by Gasteiger charge is -2.27. The molecule has 0 heterocycles. The second-order valence-corrected chi connectivity index (χ2v) is 5.86. The quantitative estimate of drug-likeness (QED) is 0.710. The van der Waals surface area contributed by atoms with Gasteiger partial charge in [-0.1, -0.05) is 26.0 Å². The van der Waals surface area contributed by atoms with Crippen molar-refractivity contribution in [2.24, 2.45) is 5.92 Å². The largest absolute Gasteiger partial charge is 0.493 e. The highest BCUT2D eigenvalue weighted by molar-refractivity contribution is 5.31. The molecule has 0 aliphatic carbocycles. The number of ether oxygens (including phenoxy) is 1. The van der Waals surface area contributed by atoms with E-state index >= 15 is 0 Å². The number of aliphatic hydroxyl groups excluding tert-OH is 1. The molecule has 1 rings (SSSR count). The zero-order valence-corrected chi connectivity index (χ0v) is 12.6. The van der Waals surface area contributed by atoms with Gasteiger partial charge in [0.15, 0.2) is 0 Å². The third kappa shape index (κ3) is 5.62. The fourth-order valence-electron chi connectivity index (χ4n) is 1.81. The molecular weight excluding hydrogens is 238 g/mol. The molecule has 0 aliphatic heterocycles. The van der Waals surface area contributed by atoms with Gasteiger partial charge in [0.25, 0.3) is 0 Å². The molecule has 0 aliphatic rings. The van der Waals surface area contributed by atoms with Crippen LogP contribution < -0.4 is 10.1 Å². The molecule has 1 aromatic carbocycles. The van der Waals surface area contributed by atoms with E-state index < -0.39 is 0 Å². The normalized spacial score (nSPS) is 11.9. The minimum Gasteiger partial charge on any atom is -0.493 e. The van der Waals surface area contributed by atoms with Crippen molar-refractivity contribution in [1.82, 2.24) is 5.32 Å². The molecule has 3 heteroatoms. The molecule has 0 saturated carbocycles. The standard InChI is InChI=1S/C16H27NO2/c1-13(2)12-19-15-8-6-14(7-9-15)16(3,4)17-10-5-11-18/h6-9,13,17-18H,5,10-12H2,1-4H3. The predicted octanol–water partition coefficient (Wildman–Crippen LogP) is 2.93. The predicted molar refractivity (Wildman–Crippen MR) is 79.5 cm³/mol. The first-order valence-electron chi connectivity index (χ1n) is 7.05. The molecule has 108 valence electrons. The fraction of sp³-hybridized carbons (Fsp3) is 0.625. The van der Waals surface area contributed by atoms with Crippen LogP contribution in [0.2, 0.25) is 0 Å². The average molecular weight is 265 g/mol. The van der Waals surface area contributed by atoms with Gasteiger partial charge in [-0.15, -0.1) is 0 Å². The molecule has 0 unspecified atom stereocenters. The number of rotatable bonds is 8. The molecule has 0 fully saturated rings. The first-order chi connectivity index (χ1) is 8.95. The van der Waals surface area contributed by atoms with E-state index in [9.17, 15) is 0 Å². The molecule has 19 heavy (non-hydrogen) atoms. The lowest BCUT2D eigenvalue weighted by Crippen LogP contribution is -2.37. The van der Waals surface area contributed by atoms with Crippen molar-refractivity contribution in [2.75, 3.05) is 19.8 Å². The van der Waals surface area contributed by atoms with Crippen molar-refractivity contribution >= 4 is 0 Å². The Kier molecular flexibility index (Phi) is 6.32. The topological polar surface area (TPSA) is 41.5 Å². The third-order valence-corrected chi connectivity index (χ3v) is 3.06. The molecule has 3 nitrogen and oxygen atoms in total. The number of hydrogen-bond acceptors (Lipinski definition) is 3. The Morgan fingerprint density at radius 2 is 1.84 bits per heavy atom. The summed E-state index contributed by atoms with van der Waals surface area (Å²) in [5.41, 5.74) is 1.13. The first kappa shape index (κ1) is 16.0. The molecule has 0 radical (unpaired) electrons. The molecule has 0 spiro atoms. The highest BCUT2D eigenvalue weighted by atomic mass is 16.5. The third-order valence-electron chi connectivity index (χ3n) is 3.06. The Morgan fingerprint density at radius 3 is 2.37 bits per heavy atom. The van der Waals surface area contributed by atoms with Gasteiger partial charge in [-0.3, -0.25) is 0 Å². The molecule has 0 saturated heterocycles. The lowest BCUT2D eigenvalue weighted by atomic mass is 9.94. The zero-order valence-electron chi connectivity index (χ0n) is 12.6. The van der Waals surface area contributed by atoms with Crippen LogP contribution in [0.1, 0.15) is 39.7 Å². The van der Waals surface area contributed by atoms with Gasteiger partial charge in [0, 0.05) is 12.1 Å². The first-order valence-corrected chi connectivity index (χ1v) is 7.05. The summed E-state index contributed by atoms with van der Waals surface area (Å²) in [5.74, 6) is 1.46. The van der Waals surface area contributed by atoms with Crippen LogP contribution in [0.15, 0.2) is 24.3 Å². The maximum absolute atomic E-state index is 8.82.